The summed E-state index contributed by atoms with van der Waals surface area (Å²) >= 11 is 0. The molecule has 0 bridgehead atoms. The Kier molecular flexibility index (Phi) is 28.5. The van der Waals surface area contributed by atoms with Gasteiger partial charge in [0.05, 0.1) is 12.6 Å². The van der Waals surface area contributed by atoms with Gasteiger partial charge in [-0.2, -0.15) is 8.42 Å². The molecule has 0 saturated carbocycles. The molecule has 0 aromatic carbocycles. The number of unbranched alkanes of at least 4 members (excludes halogenated alkanes) is 15. The maximum absolute atomic E-state index is 12.4. The molecule has 0 aliphatic heterocycles. The van der Waals surface area contributed by atoms with Crippen molar-refractivity contribution in [3.05, 3.63) is 12.7 Å². The average Bonchev–Trinajstić information content (AvgIpc) is 2.76. The SMILES string of the molecule is C=CCOS(=O)(=O)C(CCCCCCCCCCCCCCCCCC)(CC(=O)[O-])C(=O)[O-].[Na+].[Na+]. The van der Waals surface area contributed by atoms with Crippen LogP contribution < -0.4 is 69.3 Å². The van der Waals surface area contributed by atoms with E-state index in [1.807, 2.05) is 0 Å². The molecule has 1 atom stereocenters. The minimum atomic E-state index is -4.72. The van der Waals surface area contributed by atoms with Gasteiger partial charge < -0.3 is 19.8 Å². The first-order valence-corrected chi connectivity index (χ1v) is 14.1. The number of carbonyl (C=O) groups excluding carboxylic acids is 2. The third-order valence-electron chi connectivity index (χ3n) is 6.06. The van der Waals surface area contributed by atoms with Crippen LogP contribution in [0.25, 0.3) is 0 Å². The molecule has 7 nitrogen and oxygen atoms in total. The van der Waals surface area contributed by atoms with Crippen molar-refractivity contribution in [2.45, 2.75) is 127 Å². The Morgan fingerprint density at radius 1 is 0.771 bits per heavy atom. The van der Waals surface area contributed by atoms with Crippen LogP contribution in [0.2, 0.25) is 0 Å². The number of aliphatic carboxylic acids is 2. The van der Waals surface area contributed by atoms with Crippen molar-refractivity contribution in [2.75, 3.05) is 6.61 Å². The fourth-order valence-electron chi connectivity index (χ4n) is 4.02. The van der Waals surface area contributed by atoms with E-state index in [-0.39, 0.29) is 72.0 Å². The first-order chi connectivity index (χ1) is 15.7. The molecule has 194 valence electrons. The summed E-state index contributed by atoms with van der Waals surface area (Å²) in [6, 6.07) is 0. The average molecular weight is 535 g/mol. The molecule has 0 aromatic heterocycles. The molecule has 0 heterocycles. The molecule has 0 aliphatic rings. The predicted octanol–water partition coefficient (Wildman–Crippen LogP) is -2.19. The zero-order chi connectivity index (χ0) is 25.0. The van der Waals surface area contributed by atoms with Crippen molar-refractivity contribution >= 4 is 22.1 Å². The van der Waals surface area contributed by atoms with Gasteiger partial charge in [0.15, 0.2) is 0 Å². The van der Waals surface area contributed by atoms with Crippen LogP contribution in [0.1, 0.15) is 122 Å². The van der Waals surface area contributed by atoms with E-state index in [0.717, 1.165) is 31.8 Å². The van der Waals surface area contributed by atoms with E-state index in [9.17, 15) is 28.2 Å². The van der Waals surface area contributed by atoms with Crippen LogP contribution >= 0.6 is 0 Å². The van der Waals surface area contributed by atoms with Gasteiger partial charge in [0, 0.05) is 12.4 Å². The maximum Gasteiger partial charge on any atom is 1.00 e. The topological polar surface area (TPSA) is 124 Å². The zero-order valence-electron chi connectivity index (χ0n) is 22.5. The van der Waals surface area contributed by atoms with Crippen molar-refractivity contribution in [2.24, 2.45) is 0 Å². The van der Waals surface area contributed by atoms with Gasteiger partial charge in [-0.25, -0.2) is 0 Å². The molecule has 10 heteroatoms. The van der Waals surface area contributed by atoms with E-state index in [1.54, 1.807) is 0 Å². The van der Waals surface area contributed by atoms with Crippen LogP contribution in [-0.4, -0.2) is 31.7 Å². The second-order valence-electron chi connectivity index (χ2n) is 8.91. The van der Waals surface area contributed by atoms with E-state index >= 15 is 0 Å². The smallest absolute Gasteiger partial charge is 0.550 e. The fraction of sp³-hybridized carbons (Fsp3) is 0.840. The van der Waals surface area contributed by atoms with Crippen LogP contribution in [0.3, 0.4) is 0 Å². The second kappa shape index (κ2) is 24.9. The molecular formula is C25H44Na2O7S. The Hall–Kier alpha value is 0.590. The van der Waals surface area contributed by atoms with Crippen LogP contribution in [-0.2, 0) is 23.9 Å². The van der Waals surface area contributed by atoms with Crippen LogP contribution in [0.4, 0.5) is 0 Å². The quantitative estimate of drug-likeness (QED) is 0.0596. The molecule has 1 unspecified atom stereocenters. The standard InChI is InChI=1S/C25H46O7S.2Na/c1-3-5-6-7-8-9-10-11-12-13-14-15-16-17-18-19-20-25(24(28)29,22-23(26)27)33(30,31)32-21-4-2;;/h4H,2-3,5-22H2,1H3,(H,26,27)(H,28,29);;/q;2*+1/p-2. The first-order valence-electron chi connectivity index (χ1n) is 12.6. The summed E-state index contributed by atoms with van der Waals surface area (Å²) in [5.74, 6) is -3.75. The summed E-state index contributed by atoms with van der Waals surface area (Å²) in [6.45, 7) is 5.11. The molecule has 0 radical (unpaired) electrons. The number of carboxylic acids is 2. The van der Waals surface area contributed by atoms with Gasteiger partial charge in [-0.3, -0.25) is 4.18 Å². The molecule has 0 aromatic rings. The molecule has 0 saturated heterocycles. The van der Waals surface area contributed by atoms with E-state index in [4.69, 9.17) is 0 Å². The normalized spacial score (nSPS) is 12.7. The molecule has 35 heavy (non-hydrogen) atoms. The summed E-state index contributed by atoms with van der Waals surface area (Å²) in [7, 11) is -4.72. The summed E-state index contributed by atoms with van der Waals surface area (Å²) < 4.78 is 26.8. The van der Waals surface area contributed by atoms with Gasteiger partial charge in [-0.15, -0.1) is 6.58 Å². The van der Waals surface area contributed by atoms with Gasteiger partial charge in [-0.05, 0) is 6.42 Å². The Balaban J connectivity index is -0.00000512. The molecule has 0 aliphatic carbocycles. The molecule has 0 rings (SSSR count). The van der Waals surface area contributed by atoms with E-state index < -0.39 is 39.8 Å². The summed E-state index contributed by atoms with van der Waals surface area (Å²) in [6.07, 6.45) is 17.6. The molecule has 0 N–H and O–H groups in total. The van der Waals surface area contributed by atoms with Crippen LogP contribution in [0.5, 0.6) is 0 Å². The van der Waals surface area contributed by atoms with Gasteiger partial charge in [0.25, 0.3) is 10.1 Å². The van der Waals surface area contributed by atoms with Crippen molar-refractivity contribution < 1.29 is 91.5 Å². The minimum absolute atomic E-state index is 0. The fourth-order valence-corrected chi connectivity index (χ4v) is 5.41. The minimum Gasteiger partial charge on any atom is -0.550 e. The Labute approximate surface area is 257 Å². The molecule has 0 amide bonds. The monoisotopic (exact) mass is 534 g/mol. The van der Waals surface area contributed by atoms with Gasteiger partial charge >= 0.3 is 59.1 Å². The van der Waals surface area contributed by atoms with Crippen molar-refractivity contribution in [1.29, 1.82) is 0 Å². The number of carboxylic acid groups (broad SMARTS) is 2. The third-order valence-corrected chi connectivity index (χ3v) is 7.97. The molecule has 0 spiro atoms. The number of hydrogen-bond donors (Lipinski definition) is 0. The van der Waals surface area contributed by atoms with Gasteiger partial charge in [0.1, 0.15) is 4.75 Å². The zero-order valence-corrected chi connectivity index (χ0v) is 27.3. The van der Waals surface area contributed by atoms with Gasteiger partial charge in [0.2, 0.25) is 0 Å². The Bertz CT molecular complexity index is 656. The molecular weight excluding hydrogens is 490 g/mol. The van der Waals surface area contributed by atoms with Gasteiger partial charge in [-0.1, -0.05) is 116 Å². The Morgan fingerprint density at radius 2 is 1.14 bits per heavy atom. The van der Waals surface area contributed by atoms with Crippen molar-refractivity contribution in [1.82, 2.24) is 0 Å². The first kappa shape index (κ1) is 40.1. The van der Waals surface area contributed by atoms with Crippen LogP contribution in [0.15, 0.2) is 12.7 Å². The van der Waals surface area contributed by atoms with E-state index in [2.05, 4.69) is 17.7 Å². The summed E-state index contributed by atoms with van der Waals surface area (Å²) in [5, 5.41) is 22.7. The van der Waals surface area contributed by atoms with Crippen LogP contribution in [0, 0.1) is 0 Å². The molecule has 0 fully saturated rings. The third kappa shape index (κ3) is 18.5. The summed E-state index contributed by atoms with van der Waals surface area (Å²) in [5.41, 5.74) is 0. The Morgan fingerprint density at radius 3 is 1.46 bits per heavy atom. The van der Waals surface area contributed by atoms with E-state index in [1.165, 1.54) is 64.2 Å². The maximum atomic E-state index is 12.4. The van der Waals surface area contributed by atoms with Crippen molar-refractivity contribution in [3.63, 3.8) is 0 Å². The summed E-state index contributed by atoms with van der Waals surface area (Å²) in [4.78, 5) is 22.7. The number of hydrogen-bond acceptors (Lipinski definition) is 7. The second-order valence-corrected chi connectivity index (χ2v) is 10.8. The van der Waals surface area contributed by atoms with Crippen molar-refractivity contribution in [3.8, 4) is 0 Å². The number of rotatable bonds is 24. The largest absolute Gasteiger partial charge is 1.00 e. The predicted molar refractivity (Wildman–Crippen MR) is 127 cm³/mol. The number of carbonyl (C=O) groups is 2. The van der Waals surface area contributed by atoms with E-state index in [0.29, 0.717) is 6.42 Å².